The molecule has 2 aliphatic rings. The third kappa shape index (κ3) is 2.20. The maximum atomic E-state index is 11.5. The maximum absolute atomic E-state index is 11.5. The summed E-state index contributed by atoms with van der Waals surface area (Å²) in [5.74, 6) is 0.851. The molecule has 1 amide bonds. The first-order valence-electron chi connectivity index (χ1n) is 6.08. The highest BCUT2D eigenvalue weighted by Gasteiger charge is 2.36. The Morgan fingerprint density at radius 3 is 2.44 bits per heavy atom. The van der Waals surface area contributed by atoms with Crippen molar-refractivity contribution >= 4 is 11.9 Å². The number of rotatable bonds is 2. The molecular weight excluding hydrogens is 206 g/mol. The van der Waals surface area contributed by atoms with Crippen LogP contribution in [0.25, 0.3) is 0 Å². The van der Waals surface area contributed by atoms with Crippen LogP contribution in [0.3, 0.4) is 0 Å². The van der Waals surface area contributed by atoms with Crippen LogP contribution in [-0.4, -0.2) is 25.5 Å². The molecule has 0 spiro atoms. The summed E-state index contributed by atoms with van der Waals surface area (Å²) >= 11 is 0. The van der Waals surface area contributed by atoms with Gasteiger partial charge in [0, 0.05) is 12.5 Å². The van der Waals surface area contributed by atoms with E-state index in [0.717, 1.165) is 38.6 Å². The number of amides is 1. The molecule has 0 radical (unpaired) electrons. The molecule has 1 atom stereocenters. The highest BCUT2D eigenvalue weighted by atomic mass is 16.5. The summed E-state index contributed by atoms with van der Waals surface area (Å²) in [6, 6.07) is 0. The summed E-state index contributed by atoms with van der Waals surface area (Å²) < 4.78 is 4.75. The smallest absolute Gasteiger partial charge is 0.308 e. The van der Waals surface area contributed by atoms with Gasteiger partial charge in [0.2, 0.25) is 5.91 Å². The monoisotopic (exact) mass is 225 g/mol. The Hall–Kier alpha value is -1.06. The largest absolute Gasteiger partial charge is 0.469 e. The van der Waals surface area contributed by atoms with E-state index in [0.29, 0.717) is 5.92 Å². The Labute approximate surface area is 95.7 Å². The van der Waals surface area contributed by atoms with Gasteiger partial charge in [0.05, 0.1) is 13.0 Å². The van der Waals surface area contributed by atoms with Gasteiger partial charge in [-0.25, -0.2) is 0 Å². The molecular formula is C12H19NO3. The van der Waals surface area contributed by atoms with Crippen molar-refractivity contribution in [3.05, 3.63) is 0 Å². The van der Waals surface area contributed by atoms with E-state index in [1.807, 2.05) is 0 Å². The van der Waals surface area contributed by atoms with Gasteiger partial charge >= 0.3 is 5.97 Å². The molecule has 4 heteroatoms. The molecule has 4 nitrogen and oxygen atoms in total. The van der Waals surface area contributed by atoms with Crippen LogP contribution in [0.1, 0.15) is 32.1 Å². The van der Waals surface area contributed by atoms with Gasteiger partial charge in [-0.05, 0) is 38.0 Å². The minimum atomic E-state index is -0.0886. The second-order valence-corrected chi connectivity index (χ2v) is 4.82. The highest BCUT2D eigenvalue weighted by molar-refractivity contribution is 5.81. The number of hydrogen-bond acceptors (Lipinski definition) is 3. The molecule has 0 bridgehead atoms. The van der Waals surface area contributed by atoms with Crippen molar-refractivity contribution in [3.8, 4) is 0 Å². The number of carbonyl (C=O) groups is 2. The van der Waals surface area contributed by atoms with Crippen LogP contribution >= 0.6 is 0 Å². The molecule has 1 heterocycles. The van der Waals surface area contributed by atoms with Crippen molar-refractivity contribution in [2.75, 3.05) is 13.7 Å². The number of hydrogen-bond donors (Lipinski definition) is 1. The van der Waals surface area contributed by atoms with Gasteiger partial charge in [-0.15, -0.1) is 0 Å². The summed E-state index contributed by atoms with van der Waals surface area (Å²) in [5, 5.41) is 2.88. The van der Waals surface area contributed by atoms with Gasteiger partial charge in [-0.1, -0.05) is 0 Å². The minimum absolute atomic E-state index is 0.0608. The van der Waals surface area contributed by atoms with Gasteiger partial charge in [0.15, 0.2) is 0 Å². The Morgan fingerprint density at radius 1 is 1.25 bits per heavy atom. The van der Waals surface area contributed by atoms with Crippen molar-refractivity contribution in [1.82, 2.24) is 5.32 Å². The molecule has 1 saturated carbocycles. The number of esters is 1. The second-order valence-electron chi connectivity index (χ2n) is 4.82. The van der Waals surface area contributed by atoms with Crippen LogP contribution in [0.15, 0.2) is 0 Å². The predicted molar refractivity (Wildman–Crippen MR) is 58.6 cm³/mol. The van der Waals surface area contributed by atoms with Crippen LogP contribution in [0, 0.1) is 17.8 Å². The minimum Gasteiger partial charge on any atom is -0.469 e. The van der Waals surface area contributed by atoms with Gasteiger partial charge in [-0.2, -0.15) is 0 Å². The number of nitrogens with one attached hydrogen (secondary N) is 1. The van der Waals surface area contributed by atoms with Crippen molar-refractivity contribution in [2.24, 2.45) is 17.8 Å². The van der Waals surface area contributed by atoms with E-state index in [1.165, 1.54) is 7.11 Å². The van der Waals surface area contributed by atoms with E-state index in [2.05, 4.69) is 5.32 Å². The SMILES string of the molecule is COC(=O)C1CCC(C2CCNC2=O)CC1. The number of methoxy groups -OCH3 is 1. The van der Waals surface area contributed by atoms with Crippen LogP contribution in [0.2, 0.25) is 0 Å². The van der Waals surface area contributed by atoms with Crippen LogP contribution in [0.4, 0.5) is 0 Å². The molecule has 1 aliphatic carbocycles. The Kier molecular flexibility index (Phi) is 3.46. The van der Waals surface area contributed by atoms with Gasteiger partial charge in [-0.3, -0.25) is 9.59 Å². The summed E-state index contributed by atoms with van der Waals surface area (Å²) in [6.45, 7) is 0.820. The van der Waals surface area contributed by atoms with Crippen LogP contribution in [-0.2, 0) is 14.3 Å². The molecule has 0 aromatic carbocycles. The zero-order valence-electron chi connectivity index (χ0n) is 9.70. The van der Waals surface area contributed by atoms with Crippen molar-refractivity contribution < 1.29 is 14.3 Å². The fourth-order valence-electron chi connectivity index (χ4n) is 2.99. The molecule has 1 saturated heterocycles. The summed E-state index contributed by atoms with van der Waals surface area (Å²) in [4.78, 5) is 22.9. The lowest BCUT2D eigenvalue weighted by molar-refractivity contribution is -0.147. The highest BCUT2D eigenvalue weighted by Crippen LogP contribution is 2.36. The maximum Gasteiger partial charge on any atom is 0.308 e. The van der Waals surface area contributed by atoms with Crippen molar-refractivity contribution in [3.63, 3.8) is 0 Å². The molecule has 16 heavy (non-hydrogen) atoms. The zero-order chi connectivity index (χ0) is 11.5. The fourth-order valence-corrected chi connectivity index (χ4v) is 2.99. The van der Waals surface area contributed by atoms with Crippen molar-refractivity contribution in [2.45, 2.75) is 32.1 Å². The fraction of sp³-hybridized carbons (Fsp3) is 0.833. The van der Waals surface area contributed by atoms with E-state index in [-0.39, 0.29) is 23.7 Å². The average molecular weight is 225 g/mol. The molecule has 2 fully saturated rings. The molecule has 1 aliphatic heterocycles. The first kappa shape index (κ1) is 11.4. The van der Waals surface area contributed by atoms with Crippen LogP contribution < -0.4 is 5.32 Å². The topological polar surface area (TPSA) is 55.4 Å². The molecule has 1 N–H and O–H groups in total. The molecule has 1 unspecified atom stereocenters. The van der Waals surface area contributed by atoms with Gasteiger partial charge in [0.1, 0.15) is 0 Å². The van der Waals surface area contributed by atoms with Gasteiger partial charge < -0.3 is 10.1 Å². The lowest BCUT2D eigenvalue weighted by atomic mass is 9.75. The molecule has 0 aromatic heterocycles. The normalized spacial score (nSPS) is 34.6. The average Bonchev–Trinajstić information content (AvgIpc) is 2.75. The van der Waals surface area contributed by atoms with Crippen molar-refractivity contribution in [1.29, 1.82) is 0 Å². The van der Waals surface area contributed by atoms with E-state index < -0.39 is 0 Å². The quantitative estimate of drug-likeness (QED) is 0.716. The number of carbonyl (C=O) groups excluding carboxylic acids is 2. The van der Waals surface area contributed by atoms with Crippen LogP contribution in [0.5, 0.6) is 0 Å². The molecule has 0 aromatic rings. The Bertz CT molecular complexity index is 282. The Morgan fingerprint density at radius 2 is 1.94 bits per heavy atom. The van der Waals surface area contributed by atoms with E-state index in [1.54, 1.807) is 0 Å². The molecule has 90 valence electrons. The first-order valence-corrected chi connectivity index (χ1v) is 6.08. The van der Waals surface area contributed by atoms with Gasteiger partial charge in [0.25, 0.3) is 0 Å². The summed E-state index contributed by atoms with van der Waals surface area (Å²) in [7, 11) is 1.44. The first-order chi connectivity index (χ1) is 7.72. The third-order valence-electron chi connectivity index (χ3n) is 3.97. The van der Waals surface area contributed by atoms with E-state index in [4.69, 9.17) is 4.74 Å². The molecule has 2 rings (SSSR count). The van der Waals surface area contributed by atoms with E-state index >= 15 is 0 Å². The number of ether oxygens (including phenoxy) is 1. The van der Waals surface area contributed by atoms with E-state index in [9.17, 15) is 9.59 Å². The third-order valence-corrected chi connectivity index (χ3v) is 3.97. The zero-order valence-corrected chi connectivity index (χ0v) is 9.70. The second kappa shape index (κ2) is 4.85. The lowest BCUT2D eigenvalue weighted by Crippen LogP contribution is -2.30. The summed E-state index contributed by atoms with van der Waals surface area (Å²) in [5.41, 5.74) is 0. The Balaban J connectivity index is 1.85. The summed E-state index contributed by atoms with van der Waals surface area (Å²) in [6.07, 6.45) is 4.68. The standard InChI is InChI=1S/C12H19NO3/c1-16-12(15)9-4-2-8(3-5-9)10-6-7-13-11(10)14/h8-10H,2-7H2,1H3,(H,13,14). The predicted octanol–water partition coefficient (Wildman–Crippen LogP) is 1.10. The lowest BCUT2D eigenvalue weighted by Gasteiger charge is -2.29.